The predicted molar refractivity (Wildman–Crippen MR) is 92.2 cm³/mol. The minimum absolute atomic E-state index is 0.118. The van der Waals surface area contributed by atoms with Gasteiger partial charge in [-0.05, 0) is 25.7 Å². The van der Waals surface area contributed by atoms with Crippen LogP contribution in [-0.2, 0) is 25.9 Å². The molecule has 0 unspecified atom stereocenters. The number of hydrogen-bond acceptors (Lipinski definition) is 4. The van der Waals surface area contributed by atoms with Crippen LogP contribution in [0.25, 0.3) is 0 Å². The molecule has 0 aromatic carbocycles. The molecule has 2 aromatic rings. The molecule has 2 heterocycles. The van der Waals surface area contributed by atoms with Gasteiger partial charge in [-0.2, -0.15) is 10.2 Å². The third-order valence-corrected chi connectivity index (χ3v) is 4.14. The quantitative estimate of drug-likeness (QED) is 0.609. The second-order valence-corrected chi connectivity index (χ2v) is 6.11. The molecule has 2 aromatic heterocycles. The van der Waals surface area contributed by atoms with Crippen LogP contribution in [-0.4, -0.2) is 29.5 Å². The van der Waals surface area contributed by atoms with Crippen LogP contribution in [0, 0.1) is 0 Å². The molecule has 0 saturated heterocycles. The van der Waals surface area contributed by atoms with Gasteiger partial charge in [0, 0.05) is 25.9 Å². The highest BCUT2D eigenvalue weighted by Crippen LogP contribution is 2.06. The fraction of sp³-hybridized carbons (Fsp3) is 0.750. The Morgan fingerprint density at radius 2 is 1.17 bits per heavy atom. The Kier molecular flexibility index (Phi) is 7.02. The van der Waals surface area contributed by atoms with Gasteiger partial charge in [0.15, 0.2) is 0 Å². The molecule has 8 heteroatoms. The maximum Gasteiger partial charge on any atom is 0.343 e. The maximum absolute atomic E-state index is 11.7. The average Bonchev–Trinajstić information content (AvgIpc) is 3.08. The van der Waals surface area contributed by atoms with Crippen molar-refractivity contribution in [1.82, 2.24) is 29.5 Å². The Balaban J connectivity index is 1.73. The lowest BCUT2D eigenvalue weighted by Gasteiger charge is -2.06. The van der Waals surface area contributed by atoms with Crippen LogP contribution in [0.5, 0.6) is 0 Å². The first-order valence-electron chi connectivity index (χ1n) is 8.95. The summed E-state index contributed by atoms with van der Waals surface area (Å²) >= 11 is 0. The molecule has 2 N–H and O–H groups in total. The Hall–Kier alpha value is -2.12. The number of nitrogens with one attached hydrogen (secondary N) is 2. The molecule has 134 valence electrons. The average molecular weight is 336 g/mol. The van der Waals surface area contributed by atoms with E-state index in [9.17, 15) is 9.59 Å². The van der Waals surface area contributed by atoms with Crippen LogP contribution in [0.1, 0.15) is 64.0 Å². The first-order chi connectivity index (χ1) is 11.7. The highest BCUT2D eigenvalue weighted by atomic mass is 16.2. The normalized spacial score (nSPS) is 11.2. The molecule has 0 fully saturated rings. The topological polar surface area (TPSA) is 101 Å². The number of aromatic amines is 2. The van der Waals surface area contributed by atoms with Crippen molar-refractivity contribution in [2.75, 3.05) is 0 Å². The van der Waals surface area contributed by atoms with Crippen molar-refractivity contribution in [3.8, 4) is 0 Å². The number of unbranched alkanes of at least 4 members (excludes halogenated alkanes) is 3. The van der Waals surface area contributed by atoms with E-state index in [0.717, 1.165) is 63.0 Å². The first kappa shape index (κ1) is 18.2. The van der Waals surface area contributed by atoms with Gasteiger partial charge in [-0.25, -0.2) is 19.8 Å². The molecular formula is C16H28N6O2. The Morgan fingerprint density at radius 1 is 0.750 bits per heavy atom. The molecule has 0 bridgehead atoms. The largest absolute Gasteiger partial charge is 0.343 e. The number of aryl methyl sites for hydroxylation is 2. The molecule has 0 aliphatic carbocycles. The summed E-state index contributed by atoms with van der Waals surface area (Å²) in [5.41, 5.74) is -0.236. The fourth-order valence-electron chi connectivity index (χ4n) is 2.88. The van der Waals surface area contributed by atoms with Crippen LogP contribution in [0.4, 0.5) is 0 Å². The van der Waals surface area contributed by atoms with Crippen molar-refractivity contribution in [3.05, 3.63) is 32.6 Å². The van der Waals surface area contributed by atoms with Crippen LogP contribution in [0.15, 0.2) is 9.59 Å². The molecule has 0 atom stereocenters. The highest BCUT2D eigenvalue weighted by Gasteiger charge is 2.08. The lowest BCUT2D eigenvalue weighted by atomic mass is 10.2. The van der Waals surface area contributed by atoms with Gasteiger partial charge in [-0.3, -0.25) is 9.13 Å². The number of hydrogen-bond donors (Lipinski definition) is 2. The van der Waals surface area contributed by atoms with Gasteiger partial charge in [0.2, 0.25) is 0 Å². The van der Waals surface area contributed by atoms with Gasteiger partial charge in [-0.1, -0.05) is 26.7 Å². The van der Waals surface area contributed by atoms with Gasteiger partial charge in [0.1, 0.15) is 11.6 Å². The molecule has 2 rings (SSSR count). The molecule has 24 heavy (non-hydrogen) atoms. The SMILES string of the molecule is CCCc1n[nH]c(=O)n1CCCCCCn1c(CCC)n[nH]c1=O. The van der Waals surface area contributed by atoms with Crippen LogP contribution < -0.4 is 11.4 Å². The summed E-state index contributed by atoms with van der Waals surface area (Å²) in [7, 11) is 0. The standard InChI is InChI=1S/C16H28N6O2/c1-3-9-13-17-19-15(23)21(13)11-7-5-6-8-12-22-14(10-4-2)18-20-16(22)24/h3-12H2,1-2H3,(H,19,23)(H,20,24). The third kappa shape index (κ3) is 4.69. The minimum atomic E-state index is -0.118. The van der Waals surface area contributed by atoms with Crippen molar-refractivity contribution in [2.24, 2.45) is 0 Å². The fourth-order valence-corrected chi connectivity index (χ4v) is 2.88. The van der Waals surface area contributed by atoms with Crippen LogP contribution in [0.3, 0.4) is 0 Å². The summed E-state index contributed by atoms with van der Waals surface area (Å²) in [6, 6.07) is 0. The zero-order chi connectivity index (χ0) is 17.4. The molecule has 0 aliphatic rings. The van der Waals surface area contributed by atoms with E-state index >= 15 is 0 Å². The van der Waals surface area contributed by atoms with E-state index in [4.69, 9.17) is 0 Å². The molecule has 0 amide bonds. The molecule has 0 aliphatic heterocycles. The second kappa shape index (κ2) is 9.24. The molecule has 8 nitrogen and oxygen atoms in total. The van der Waals surface area contributed by atoms with Crippen LogP contribution >= 0.6 is 0 Å². The Bertz CT molecular complexity index is 661. The third-order valence-electron chi connectivity index (χ3n) is 4.14. The van der Waals surface area contributed by atoms with E-state index in [1.54, 1.807) is 9.13 Å². The summed E-state index contributed by atoms with van der Waals surface area (Å²) in [5.74, 6) is 1.69. The molecule has 0 spiro atoms. The second-order valence-electron chi connectivity index (χ2n) is 6.11. The number of nitrogens with zero attached hydrogens (tertiary/aromatic N) is 4. The van der Waals surface area contributed by atoms with Crippen LogP contribution in [0.2, 0.25) is 0 Å². The Morgan fingerprint density at radius 3 is 1.54 bits per heavy atom. The van der Waals surface area contributed by atoms with E-state index in [0.29, 0.717) is 13.1 Å². The van der Waals surface area contributed by atoms with Gasteiger partial charge >= 0.3 is 11.4 Å². The summed E-state index contributed by atoms with van der Waals surface area (Å²) in [5, 5.41) is 13.2. The van der Waals surface area contributed by atoms with Crippen molar-refractivity contribution < 1.29 is 0 Å². The van der Waals surface area contributed by atoms with Gasteiger partial charge in [0.05, 0.1) is 0 Å². The summed E-state index contributed by atoms with van der Waals surface area (Å²) < 4.78 is 3.48. The zero-order valence-corrected chi connectivity index (χ0v) is 14.7. The Labute approximate surface area is 141 Å². The summed E-state index contributed by atoms with van der Waals surface area (Å²) in [4.78, 5) is 23.4. The molecule has 0 saturated carbocycles. The number of aromatic nitrogens is 6. The van der Waals surface area contributed by atoms with E-state index in [2.05, 4.69) is 34.2 Å². The summed E-state index contributed by atoms with van der Waals surface area (Å²) in [6.07, 6.45) is 7.53. The lowest BCUT2D eigenvalue weighted by Crippen LogP contribution is -2.19. The highest BCUT2D eigenvalue weighted by molar-refractivity contribution is 4.87. The van der Waals surface area contributed by atoms with E-state index in [-0.39, 0.29) is 11.4 Å². The summed E-state index contributed by atoms with van der Waals surface area (Å²) in [6.45, 7) is 5.57. The first-order valence-corrected chi connectivity index (χ1v) is 8.95. The number of rotatable bonds is 11. The van der Waals surface area contributed by atoms with Gasteiger partial charge in [0.25, 0.3) is 0 Å². The number of H-pyrrole nitrogens is 2. The molecule has 0 radical (unpaired) electrons. The van der Waals surface area contributed by atoms with E-state index in [1.807, 2.05) is 0 Å². The predicted octanol–water partition coefficient (Wildman–Crippen LogP) is 1.62. The monoisotopic (exact) mass is 336 g/mol. The maximum atomic E-state index is 11.7. The lowest BCUT2D eigenvalue weighted by molar-refractivity contribution is 0.513. The van der Waals surface area contributed by atoms with E-state index in [1.165, 1.54) is 0 Å². The van der Waals surface area contributed by atoms with Gasteiger partial charge in [-0.15, -0.1) is 0 Å². The van der Waals surface area contributed by atoms with Crippen molar-refractivity contribution in [1.29, 1.82) is 0 Å². The van der Waals surface area contributed by atoms with Crippen molar-refractivity contribution in [2.45, 2.75) is 78.3 Å². The smallest absolute Gasteiger partial charge is 0.279 e. The van der Waals surface area contributed by atoms with Crippen molar-refractivity contribution in [3.63, 3.8) is 0 Å². The van der Waals surface area contributed by atoms with Crippen molar-refractivity contribution >= 4 is 0 Å². The van der Waals surface area contributed by atoms with E-state index < -0.39 is 0 Å². The van der Waals surface area contributed by atoms with Gasteiger partial charge < -0.3 is 0 Å². The zero-order valence-electron chi connectivity index (χ0n) is 14.7. The minimum Gasteiger partial charge on any atom is -0.279 e. The molecular weight excluding hydrogens is 308 g/mol.